The highest BCUT2D eigenvalue weighted by molar-refractivity contribution is 8.00. The number of nitro groups is 1. The van der Waals surface area contributed by atoms with E-state index in [1.54, 1.807) is 25.1 Å². The fraction of sp³-hybridized carbons (Fsp3) is 0.242. The molecule has 49 heavy (non-hydrogen) atoms. The van der Waals surface area contributed by atoms with Gasteiger partial charge in [0.1, 0.15) is 11.8 Å². The van der Waals surface area contributed by atoms with Gasteiger partial charge in [0.05, 0.1) is 47.9 Å². The summed E-state index contributed by atoms with van der Waals surface area (Å²) in [5.74, 6) is -3.02. The summed E-state index contributed by atoms with van der Waals surface area (Å²) in [6, 6.07) is 16.3. The average Bonchev–Trinajstić information content (AvgIpc) is 3.54. The molecule has 3 amide bonds. The molecule has 0 radical (unpaired) electrons. The van der Waals surface area contributed by atoms with Crippen LogP contribution in [0, 0.1) is 16.0 Å². The molecule has 2 aliphatic rings. The predicted molar refractivity (Wildman–Crippen MR) is 180 cm³/mol. The van der Waals surface area contributed by atoms with Gasteiger partial charge in [-0.15, -0.1) is 0 Å². The van der Waals surface area contributed by atoms with Gasteiger partial charge in [0.25, 0.3) is 5.69 Å². The van der Waals surface area contributed by atoms with Crippen molar-refractivity contribution in [3.63, 3.8) is 0 Å². The lowest BCUT2D eigenvalue weighted by Crippen LogP contribution is -2.33. The number of amides is 3. The Morgan fingerprint density at radius 3 is 2.27 bits per heavy atom. The molecule has 3 atom stereocenters. The minimum Gasteiger partial charge on any atom is -0.493 e. The third-order valence-electron chi connectivity index (χ3n) is 8.12. The quantitative estimate of drug-likeness (QED) is 0.107. The third-order valence-corrected chi connectivity index (χ3v) is 10.7. The lowest BCUT2D eigenvalue weighted by Gasteiger charge is -2.31. The van der Waals surface area contributed by atoms with Crippen molar-refractivity contribution in [1.29, 1.82) is 0 Å². The molecule has 6 rings (SSSR count). The number of anilines is 2. The fourth-order valence-electron chi connectivity index (χ4n) is 5.89. The topological polar surface area (TPSA) is 176 Å². The van der Waals surface area contributed by atoms with E-state index in [-0.39, 0.29) is 24.5 Å². The number of thiazole rings is 1. The Morgan fingerprint density at radius 1 is 0.939 bits per heavy atom. The van der Waals surface area contributed by atoms with Crippen LogP contribution in [0.5, 0.6) is 11.5 Å². The number of imide groups is 1. The number of nitrogens with zero attached hydrogens (tertiary/aromatic N) is 3. The zero-order valence-corrected chi connectivity index (χ0v) is 27.9. The third kappa shape index (κ3) is 6.15. The lowest BCUT2D eigenvalue weighted by molar-refractivity contribution is -0.384. The first-order valence-corrected chi connectivity index (χ1v) is 16.6. The predicted octanol–water partition coefficient (Wildman–Crippen LogP) is 4.45. The Hall–Kier alpha value is -5.48. The number of carbonyl (C=O) groups excluding carboxylic acids is 4. The van der Waals surface area contributed by atoms with E-state index in [0.29, 0.717) is 38.2 Å². The van der Waals surface area contributed by atoms with E-state index < -0.39 is 50.6 Å². The zero-order valence-electron chi connectivity index (χ0n) is 26.2. The van der Waals surface area contributed by atoms with Crippen LogP contribution in [0.4, 0.5) is 17.1 Å². The molecule has 14 nitrogen and oxygen atoms in total. The van der Waals surface area contributed by atoms with Gasteiger partial charge in [0, 0.05) is 28.6 Å². The van der Waals surface area contributed by atoms with Gasteiger partial charge in [-0.2, -0.15) is 0 Å². The molecule has 1 fully saturated rings. The van der Waals surface area contributed by atoms with E-state index >= 15 is 0 Å². The monoisotopic (exact) mass is 704 g/mol. The molecule has 0 unspecified atom stereocenters. The number of benzene rings is 3. The van der Waals surface area contributed by atoms with Crippen molar-refractivity contribution < 1.29 is 38.3 Å². The van der Waals surface area contributed by atoms with Crippen LogP contribution in [0.3, 0.4) is 0 Å². The number of hydrogen-bond acceptors (Lipinski definition) is 12. The average molecular weight is 705 g/mol. The smallest absolute Gasteiger partial charge is 0.338 e. The Kier molecular flexibility index (Phi) is 9.25. The number of esters is 1. The number of non-ortho nitro benzene ring substituents is 1. The molecule has 16 heteroatoms. The van der Waals surface area contributed by atoms with Crippen LogP contribution in [0.2, 0.25) is 0 Å². The largest absolute Gasteiger partial charge is 0.493 e. The van der Waals surface area contributed by atoms with Crippen LogP contribution in [0.1, 0.15) is 33.6 Å². The summed E-state index contributed by atoms with van der Waals surface area (Å²) >= 11 is 1.91. The second kappa shape index (κ2) is 13.6. The summed E-state index contributed by atoms with van der Waals surface area (Å²) in [4.78, 5) is 78.5. The summed E-state index contributed by atoms with van der Waals surface area (Å²) in [6.45, 7) is 1.53. The summed E-state index contributed by atoms with van der Waals surface area (Å²) in [6.07, 6.45) is 0. The maximum atomic E-state index is 14.1. The normalized spacial score (nSPS) is 18.0. The van der Waals surface area contributed by atoms with E-state index in [1.807, 2.05) is 0 Å². The number of aromatic nitrogens is 1. The molecule has 0 spiro atoms. The minimum absolute atomic E-state index is 0.177. The van der Waals surface area contributed by atoms with E-state index in [0.717, 1.165) is 28.0 Å². The number of nitrogens with one attached hydrogen (secondary N) is 1. The highest BCUT2D eigenvalue weighted by Gasteiger charge is 2.57. The molecule has 0 saturated carbocycles. The Labute approximate surface area is 286 Å². The maximum Gasteiger partial charge on any atom is 0.338 e. The highest BCUT2D eigenvalue weighted by atomic mass is 32.2. The van der Waals surface area contributed by atoms with Crippen molar-refractivity contribution in [3.8, 4) is 11.5 Å². The highest BCUT2D eigenvalue weighted by Crippen LogP contribution is 2.54. The number of carbonyl (C=O) groups is 4. The Bertz CT molecular complexity index is 2040. The van der Waals surface area contributed by atoms with Gasteiger partial charge >= 0.3 is 10.8 Å². The van der Waals surface area contributed by atoms with Gasteiger partial charge in [-0.25, -0.2) is 9.69 Å². The van der Waals surface area contributed by atoms with Crippen molar-refractivity contribution in [1.82, 2.24) is 4.57 Å². The van der Waals surface area contributed by atoms with Crippen molar-refractivity contribution in [2.75, 3.05) is 31.0 Å². The van der Waals surface area contributed by atoms with Gasteiger partial charge in [-0.1, -0.05) is 29.2 Å². The second-order valence-corrected chi connectivity index (χ2v) is 13.0. The first-order valence-electron chi connectivity index (χ1n) is 14.9. The molecule has 1 aromatic heterocycles. The zero-order chi connectivity index (χ0) is 35.0. The number of fused-ring (bicyclic) bond motifs is 2. The van der Waals surface area contributed by atoms with Crippen LogP contribution >= 0.6 is 23.1 Å². The number of hydrogen-bond donors (Lipinski definition) is 1. The van der Waals surface area contributed by atoms with Crippen LogP contribution in [0.25, 0.3) is 0 Å². The summed E-state index contributed by atoms with van der Waals surface area (Å²) in [5.41, 5.74) is 1.27. The Balaban J connectivity index is 1.37. The number of rotatable bonds is 10. The van der Waals surface area contributed by atoms with E-state index in [1.165, 1.54) is 67.3 Å². The number of thioether (sulfide) groups is 1. The van der Waals surface area contributed by atoms with Crippen molar-refractivity contribution >= 4 is 63.9 Å². The molecular formula is C33H28N4O10S2. The Morgan fingerprint density at radius 2 is 1.63 bits per heavy atom. The maximum absolute atomic E-state index is 14.1. The molecule has 4 aromatic rings. The minimum atomic E-state index is -0.980. The summed E-state index contributed by atoms with van der Waals surface area (Å²) < 4.78 is 17.2. The lowest BCUT2D eigenvalue weighted by atomic mass is 9.83. The molecule has 1 saturated heterocycles. The molecule has 3 aromatic carbocycles. The fourth-order valence-corrected chi connectivity index (χ4v) is 8.66. The molecule has 252 valence electrons. The van der Waals surface area contributed by atoms with Crippen LogP contribution in [-0.2, 0) is 25.7 Å². The van der Waals surface area contributed by atoms with Crippen molar-refractivity contribution in [2.45, 2.75) is 29.7 Å². The van der Waals surface area contributed by atoms with Gasteiger partial charge < -0.3 is 19.5 Å². The summed E-state index contributed by atoms with van der Waals surface area (Å²) in [5, 5.41) is 13.3. The number of methoxy groups -OCH3 is 2. The number of ether oxygens (including phenoxy) is 3. The van der Waals surface area contributed by atoms with E-state index in [2.05, 4.69) is 5.32 Å². The van der Waals surface area contributed by atoms with E-state index in [9.17, 15) is 34.1 Å². The number of nitro benzene ring substituents is 1. The van der Waals surface area contributed by atoms with Crippen molar-refractivity contribution in [3.05, 3.63) is 103 Å². The molecule has 0 aliphatic carbocycles. The second-order valence-electron chi connectivity index (χ2n) is 10.9. The molecule has 1 N–H and O–H groups in total. The molecular weight excluding hydrogens is 677 g/mol. The van der Waals surface area contributed by atoms with Crippen LogP contribution in [0.15, 0.2) is 76.6 Å². The first kappa shape index (κ1) is 33.4. The molecule has 0 bridgehead atoms. The first-order chi connectivity index (χ1) is 23.6. The summed E-state index contributed by atoms with van der Waals surface area (Å²) in [7, 11) is 2.95. The van der Waals surface area contributed by atoms with E-state index in [4.69, 9.17) is 14.2 Å². The van der Waals surface area contributed by atoms with Crippen LogP contribution < -0.4 is 24.6 Å². The van der Waals surface area contributed by atoms with Gasteiger partial charge in [-0.3, -0.25) is 33.9 Å². The van der Waals surface area contributed by atoms with Crippen LogP contribution in [-0.4, -0.2) is 59.3 Å². The molecule has 2 aliphatic heterocycles. The van der Waals surface area contributed by atoms with Gasteiger partial charge in [-0.05, 0) is 61.0 Å². The van der Waals surface area contributed by atoms with Gasteiger partial charge in [0.15, 0.2) is 11.5 Å². The SMILES string of the molecule is CCOC(=O)c1ccc(NC(=O)Cn2c3c(sc2=O)[C@@H](c2ccc(OC)c(OC)c2)[C@@H]2C(=O)N(c4ccc([N+](=O)[O-])cc4)C(=O)[C@@H]2S3)cc1. The standard InChI is InChI=1S/C33H28N4O10S2/c1-4-47-32(41)17-5-8-19(9-6-17)34-24(38)16-35-31-28(49-33(35)42)25(18-7-14-22(45-2)23(15-18)46-3)26-27(48-31)30(40)36(29(26)39)20-10-12-21(13-11-20)37(43)44/h5-15,25-27H,4,16H2,1-3H3,(H,34,38)/t25-,26-,27+/m0/s1. The molecule has 3 heterocycles. The van der Waals surface area contributed by atoms with Gasteiger partial charge in [0.2, 0.25) is 17.7 Å². The van der Waals surface area contributed by atoms with Crippen molar-refractivity contribution in [2.24, 2.45) is 5.92 Å².